The van der Waals surface area contributed by atoms with Crippen molar-refractivity contribution >= 4 is 31.5 Å². The fraction of sp³-hybridized carbons (Fsp3) is 0.500. The minimum Gasteiger partial charge on any atom is -0.379 e. The molecule has 2 heterocycles. The van der Waals surface area contributed by atoms with Gasteiger partial charge >= 0.3 is 0 Å². The molecule has 0 radical (unpaired) electrons. The third-order valence-electron chi connectivity index (χ3n) is 5.78. The van der Waals surface area contributed by atoms with Gasteiger partial charge in [0, 0.05) is 33.3 Å². The van der Waals surface area contributed by atoms with Gasteiger partial charge in [-0.1, -0.05) is 12.1 Å². The van der Waals surface area contributed by atoms with Gasteiger partial charge in [0.25, 0.3) is 0 Å². The van der Waals surface area contributed by atoms with E-state index in [2.05, 4.69) is 46.6 Å². The number of benzene rings is 2. The van der Waals surface area contributed by atoms with E-state index in [1.54, 1.807) is 0 Å². The summed E-state index contributed by atoms with van der Waals surface area (Å²) in [5, 5.41) is 6.13. The van der Waals surface area contributed by atoms with Gasteiger partial charge in [0.2, 0.25) is 0 Å². The molecule has 0 unspecified atom stereocenters. The topological polar surface area (TPSA) is 24.5 Å². The highest BCUT2D eigenvalue weighted by atomic mass is 32.1. The van der Waals surface area contributed by atoms with Crippen molar-refractivity contribution in [2.24, 2.45) is 0 Å². The highest BCUT2D eigenvalue weighted by molar-refractivity contribution is 7.25. The van der Waals surface area contributed by atoms with Crippen LogP contribution in [-0.2, 0) is 17.6 Å². The molecule has 1 N–H and O–H groups in total. The lowest BCUT2D eigenvalue weighted by Crippen LogP contribution is -2.36. The summed E-state index contributed by atoms with van der Waals surface area (Å²) in [7, 11) is 2.03. The summed E-state index contributed by atoms with van der Waals surface area (Å²) < 4.78 is 8.28. The Balaban J connectivity index is 1.44. The number of fused-ring (bicyclic) bond motifs is 3. The van der Waals surface area contributed by atoms with Crippen LogP contribution in [0.1, 0.15) is 30.4 Å². The number of hydrogen-bond donors (Lipinski definition) is 1. The maximum Gasteiger partial charge on any atom is 0.0594 e. The van der Waals surface area contributed by atoms with E-state index < -0.39 is 0 Å². The first-order valence-corrected chi connectivity index (χ1v) is 11.5. The van der Waals surface area contributed by atoms with Crippen LogP contribution in [0.4, 0.5) is 0 Å². The zero-order valence-corrected chi connectivity index (χ0v) is 17.8. The van der Waals surface area contributed by atoms with Crippen molar-refractivity contribution < 1.29 is 4.74 Å². The van der Waals surface area contributed by atoms with E-state index in [-0.39, 0.29) is 0 Å². The molecular formula is C24H32N2OS. The number of morpholine rings is 1. The highest BCUT2D eigenvalue weighted by Crippen LogP contribution is 2.35. The lowest BCUT2D eigenvalue weighted by atomic mass is 10.0. The summed E-state index contributed by atoms with van der Waals surface area (Å²) >= 11 is 1.93. The third kappa shape index (κ3) is 4.93. The Kier molecular flexibility index (Phi) is 6.97. The van der Waals surface area contributed by atoms with Crippen LogP contribution in [-0.4, -0.2) is 51.3 Å². The quantitative estimate of drug-likeness (QED) is 0.523. The SMILES string of the molecule is CNCCCCc1ccc2sc3ccc(CCCN4CCOCC4)cc3c2c1. The predicted molar refractivity (Wildman–Crippen MR) is 122 cm³/mol. The molecule has 4 rings (SSSR count). The lowest BCUT2D eigenvalue weighted by molar-refractivity contribution is 0.0375. The second kappa shape index (κ2) is 9.84. The molecule has 28 heavy (non-hydrogen) atoms. The second-order valence-electron chi connectivity index (χ2n) is 7.88. The van der Waals surface area contributed by atoms with Crippen LogP contribution in [0, 0.1) is 0 Å². The van der Waals surface area contributed by atoms with Gasteiger partial charge in [0.1, 0.15) is 0 Å². The first-order chi connectivity index (χ1) is 13.8. The van der Waals surface area contributed by atoms with E-state index in [1.807, 2.05) is 18.4 Å². The number of nitrogens with zero attached hydrogens (tertiary/aromatic N) is 1. The molecule has 3 nitrogen and oxygen atoms in total. The Bertz CT molecular complexity index is 898. The van der Waals surface area contributed by atoms with Gasteiger partial charge in [-0.2, -0.15) is 0 Å². The zero-order valence-electron chi connectivity index (χ0n) is 17.0. The summed E-state index contributed by atoms with van der Waals surface area (Å²) in [6.45, 7) is 6.25. The number of hydrogen-bond acceptors (Lipinski definition) is 4. The molecule has 0 atom stereocenters. The average Bonchev–Trinajstić information content (AvgIpc) is 3.09. The van der Waals surface area contributed by atoms with Gasteiger partial charge in [-0.3, -0.25) is 4.90 Å². The lowest BCUT2D eigenvalue weighted by Gasteiger charge is -2.26. The van der Waals surface area contributed by atoms with Gasteiger partial charge < -0.3 is 10.1 Å². The van der Waals surface area contributed by atoms with Crippen molar-refractivity contribution in [3.05, 3.63) is 47.5 Å². The molecule has 0 spiro atoms. The molecule has 150 valence electrons. The number of thiophene rings is 1. The maximum atomic E-state index is 5.45. The number of nitrogens with one attached hydrogen (secondary N) is 1. The highest BCUT2D eigenvalue weighted by Gasteiger charge is 2.10. The van der Waals surface area contributed by atoms with Crippen LogP contribution >= 0.6 is 11.3 Å². The van der Waals surface area contributed by atoms with Gasteiger partial charge in [0.15, 0.2) is 0 Å². The standard InChI is InChI=1S/C24H32N2OS/c1-25-11-3-2-5-19-7-9-23-21(17-19)22-18-20(8-10-24(22)28-23)6-4-12-26-13-15-27-16-14-26/h7-10,17-18,25H,2-6,11-16H2,1H3. The molecule has 3 aromatic rings. The van der Waals surface area contributed by atoms with Gasteiger partial charge in [-0.25, -0.2) is 0 Å². The molecule has 1 saturated heterocycles. The fourth-order valence-electron chi connectivity index (χ4n) is 4.15. The molecule has 2 aromatic carbocycles. The van der Waals surface area contributed by atoms with Crippen molar-refractivity contribution in [2.75, 3.05) is 46.4 Å². The summed E-state index contributed by atoms with van der Waals surface area (Å²) in [5.41, 5.74) is 2.95. The van der Waals surface area contributed by atoms with Gasteiger partial charge in [-0.15, -0.1) is 11.3 Å². The molecule has 1 aliphatic heterocycles. The minimum atomic E-state index is 0.893. The number of aryl methyl sites for hydroxylation is 2. The van der Waals surface area contributed by atoms with Crippen molar-refractivity contribution in [3.8, 4) is 0 Å². The van der Waals surface area contributed by atoms with Crippen LogP contribution < -0.4 is 5.32 Å². The van der Waals surface area contributed by atoms with Crippen LogP contribution in [0.5, 0.6) is 0 Å². The smallest absolute Gasteiger partial charge is 0.0594 e. The fourth-order valence-corrected chi connectivity index (χ4v) is 5.21. The first kappa shape index (κ1) is 19.8. The maximum absolute atomic E-state index is 5.45. The molecule has 1 aromatic heterocycles. The van der Waals surface area contributed by atoms with Crippen LogP contribution in [0.15, 0.2) is 36.4 Å². The minimum absolute atomic E-state index is 0.893. The van der Waals surface area contributed by atoms with Crippen molar-refractivity contribution in [1.29, 1.82) is 0 Å². The van der Waals surface area contributed by atoms with Gasteiger partial charge in [0.05, 0.1) is 13.2 Å². The molecule has 0 amide bonds. The van der Waals surface area contributed by atoms with E-state index >= 15 is 0 Å². The zero-order chi connectivity index (χ0) is 19.2. The molecule has 4 heteroatoms. The normalized spacial score (nSPS) is 15.6. The summed E-state index contributed by atoms with van der Waals surface area (Å²) in [6, 6.07) is 14.2. The summed E-state index contributed by atoms with van der Waals surface area (Å²) in [6.07, 6.45) is 6.06. The van der Waals surface area contributed by atoms with E-state index in [1.165, 1.54) is 63.5 Å². The monoisotopic (exact) mass is 396 g/mol. The Morgan fingerprint density at radius 1 is 0.893 bits per heavy atom. The van der Waals surface area contributed by atoms with E-state index in [0.29, 0.717) is 0 Å². The van der Waals surface area contributed by atoms with E-state index in [4.69, 9.17) is 4.74 Å². The second-order valence-corrected chi connectivity index (χ2v) is 8.97. The van der Waals surface area contributed by atoms with Gasteiger partial charge in [-0.05, 0) is 87.6 Å². The predicted octanol–water partition coefficient (Wildman–Crippen LogP) is 4.86. The summed E-state index contributed by atoms with van der Waals surface area (Å²) in [5.74, 6) is 0. The van der Waals surface area contributed by atoms with Crippen molar-refractivity contribution in [1.82, 2.24) is 10.2 Å². The molecule has 1 fully saturated rings. The molecular weight excluding hydrogens is 364 g/mol. The molecule has 0 aliphatic carbocycles. The Morgan fingerprint density at radius 2 is 1.54 bits per heavy atom. The summed E-state index contributed by atoms with van der Waals surface area (Å²) in [4.78, 5) is 2.53. The van der Waals surface area contributed by atoms with Crippen LogP contribution in [0.2, 0.25) is 0 Å². The molecule has 0 saturated carbocycles. The Hall–Kier alpha value is -1.46. The Labute approximate surface area is 172 Å². The number of ether oxygens (including phenoxy) is 1. The first-order valence-electron chi connectivity index (χ1n) is 10.7. The van der Waals surface area contributed by atoms with Crippen LogP contribution in [0.3, 0.4) is 0 Å². The molecule has 1 aliphatic rings. The van der Waals surface area contributed by atoms with Crippen molar-refractivity contribution in [2.45, 2.75) is 32.1 Å². The van der Waals surface area contributed by atoms with Crippen molar-refractivity contribution in [3.63, 3.8) is 0 Å². The van der Waals surface area contributed by atoms with Crippen LogP contribution in [0.25, 0.3) is 20.2 Å². The third-order valence-corrected chi connectivity index (χ3v) is 6.94. The van der Waals surface area contributed by atoms with E-state index in [0.717, 1.165) is 39.3 Å². The average molecular weight is 397 g/mol. The number of unbranched alkanes of at least 4 members (excludes halogenated alkanes) is 1. The molecule has 0 bridgehead atoms. The number of rotatable bonds is 9. The largest absolute Gasteiger partial charge is 0.379 e. The Morgan fingerprint density at radius 3 is 2.18 bits per heavy atom. The van der Waals surface area contributed by atoms with E-state index in [9.17, 15) is 0 Å².